The normalized spacial score (nSPS) is 11.3. The quantitative estimate of drug-likeness (QED) is 0.445. The Morgan fingerprint density at radius 2 is 1.29 bits per heavy atom. The minimum Gasteiger partial charge on any atom is -0.444 e. The van der Waals surface area contributed by atoms with Crippen LogP contribution in [0.5, 0.6) is 0 Å². The van der Waals surface area contributed by atoms with E-state index in [0.29, 0.717) is 6.54 Å². The average Bonchev–Trinajstić information content (AvgIpc) is 2.71. The summed E-state index contributed by atoms with van der Waals surface area (Å²) in [7, 11) is 0. The number of ether oxygens (including phenoxy) is 1. The predicted octanol–water partition coefficient (Wildman–Crippen LogP) is 6.76. The maximum atomic E-state index is 13.4. The van der Waals surface area contributed by atoms with Gasteiger partial charge in [-0.1, -0.05) is 36.4 Å². The van der Waals surface area contributed by atoms with E-state index < -0.39 is 11.7 Å². The van der Waals surface area contributed by atoms with Crippen LogP contribution in [0, 0.1) is 11.6 Å². The maximum Gasteiger partial charge on any atom is 0.407 e. The van der Waals surface area contributed by atoms with Gasteiger partial charge in [-0.15, -0.1) is 0 Å². The van der Waals surface area contributed by atoms with Crippen molar-refractivity contribution in [2.75, 3.05) is 6.54 Å². The molecule has 162 valence electrons. The first-order valence-electron chi connectivity index (χ1n) is 10.3. The molecule has 0 heterocycles. The number of halogens is 2. The molecule has 0 atom stereocenters. The van der Waals surface area contributed by atoms with E-state index in [-0.39, 0.29) is 11.6 Å². The molecule has 0 radical (unpaired) electrons. The first-order valence-corrected chi connectivity index (χ1v) is 10.3. The molecular weight excluding hydrogens is 396 g/mol. The number of hydrogen-bond donors (Lipinski definition) is 1. The van der Waals surface area contributed by atoms with Crippen LogP contribution in [0.2, 0.25) is 0 Å². The second-order valence-corrected chi connectivity index (χ2v) is 8.46. The summed E-state index contributed by atoms with van der Waals surface area (Å²) >= 11 is 0. The van der Waals surface area contributed by atoms with Crippen LogP contribution in [-0.2, 0) is 11.2 Å². The zero-order chi connectivity index (χ0) is 22.4. The summed E-state index contributed by atoms with van der Waals surface area (Å²) in [4.78, 5) is 11.8. The van der Waals surface area contributed by atoms with Crippen LogP contribution < -0.4 is 5.32 Å². The Morgan fingerprint density at radius 3 is 1.74 bits per heavy atom. The molecule has 0 unspecified atom stereocenters. The summed E-state index contributed by atoms with van der Waals surface area (Å²) < 4.78 is 32.0. The molecule has 0 spiro atoms. The van der Waals surface area contributed by atoms with E-state index in [9.17, 15) is 13.6 Å². The third-order valence-corrected chi connectivity index (χ3v) is 4.66. The molecule has 5 heteroatoms. The maximum absolute atomic E-state index is 13.4. The van der Waals surface area contributed by atoms with Crippen LogP contribution in [-0.4, -0.2) is 18.2 Å². The number of benzene rings is 3. The molecule has 1 N–H and O–H groups in total. The van der Waals surface area contributed by atoms with Crippen molar-refractivity contribution in [3.63, 3.8) is 0 Å². The Bertz CT molecular complexity index is 959. The lowest BCUT2D eigenvalue weighted by Gasteiger charge is -2.19. The smallest absolute Gasteiger partial charge is 0.407 e. The van der Waals surface area contributed by atoms with E-state index in [4.69, 9.17) is 4.74 Å². The molecule has 0 saturated carbocycles. The number of rotatable bonds is 6. The molecule has 0 aliphatic heterocycles. The summed E-state index contributed by atoms with van der Waals surface area (Å²) in [5.41, 5.74) is 4.26. The molecule has 0 fully saturated rings. The van der Waals surface area contributed by atoms with E-state index in [1.807, 2.05) is 26.8 Å². The van der Waals surface area contributed by atoms with Gasteiger partial charge >= 0.3 is 6.09 Å². The second-order valence-electron chi connectivity index (χ2n) is 8.46. The highest BCUT2D eigenvalue weighted by molar-refractivity contribution is 5.74. The zero-order valence-corrected chi connectivity index (χ0v) is 18.0. The van der Waals surface area contributed by atoms with Gasteiger partial charge in [0.05, 0.1) is 0 Å². The lowest BCUT2D eigenvalue weighted by molar-refractivity contribution is 0.0527. The molecule has 1 amide bonds. The Balaban J connectivity index is 1.78. The van der Waals surface area contributed by atoms with Gasteiger partial charge in [-0.2, -0.15) is 0 Å². The molecule has 0 aliphatic carbocycles. The molecule has 3 aromatic rings. The number of hydrogen-bond acceptors (Lipinski definition) is 2. The van der Waals surface area contributed by atoms with Crippen LogP contribution in [0.4, 0.5) is 13.6 Å². The number of carbonyl (C=O) groups is 1. The molecule has 3 rings (SSSR count). The standard InChI is InChI=1S/C26H27F2NO2/c1-26(2,3)31-25(30)29-14-4-5-18-15-21(19-6-10-23(27)11-7-19)17-22(16-18)20-8-12-24(28)13-9-20/h6-13,15-17H,4-5,14H2,1-3H3,(H,29,30). The summed E-state index contributed by atoms with van der Waals surface area (Å²) in [6.07, 6.45) is 1.04. The fraction of sp³-hybridized carbons (Fsp3) is 0.269. The molecule has 31 heavy (non-hydrogen) atoms. The lowest BCUT2D eigenvalue weighted by atomic mass is 9.94. The zero-order valence-electron chi connectivity index (χ0n) is 18.0. The van der Waals surface area contributed by atoms with E-state index in [1.54, 1.807) is 24.3 Å². The molecular formula is C26H27F2NO2. The van der Waals surface area contributed by atoms with Gasteiger partial charge in [0.25, 0.3) is 0 Å². The number of amides is 1. The molecule has 3 nitrogen and oxygen atoms in total. The average molecular weight is 424 g/mol. The SMILES string of the molecule is CC(C)(C)OC(=O)NCCCc1cc(-c2ccc(F)cc2)cc(-c2ccc(F)cc2)c1. The Labute approximate surface area is 182 Å². The van der Waals surface area contributed by atoms with Crippen molar-refractivity contribution < 1.29 is 18.3 Å². The monoisotopic (exact) mass is 423 g/mol. The van der Waals surface area contributed by atoms with Gasteiger partial charge in [0.15, 0.2) is 0 Å². The minimum atomic E-state index is -0.530. The number of carbonyl (C=O) groups excluding carboxylic acids is 1. The van der Waals surface area contributed by atoms with Gasteiger partial charge in [-0.25, -0.2) is 13.6 Å². The molecule has 0 aromatic heterocycles. The first-order chi connectivity index (χ1) is 14.7. The highest BCUT2D eigenvalue weighted by atomic mass is 19.1. The van der Waals surface area contributed by atoms with E-state index in [2.05, 4.69) is 17.4 Å². The molecule has 0 bridgehead atoms. The van der Waals surface area contributed by atoms with Crippen LogP contribution in [0.15, 0.2) is 66.7 Å². The number of nitrogens with one attached hydrogen (secondary N) is 1. The summed E-state index contributed by atoms with van der Waals surface area (Å²) in [6, 6.07) is 18.9. The van der Waals surface area contributed by atoms with E-state index in [0.717, 1.165) is 40.7 Å². The van der Waals surface area contributed by atoms with E-state index >= 15 is 0 Å². The van der Waals surface area contributed by atoms with Crippen molar-refractivity contribution in [1.82, 2.24) is 5.32 Å². The highest BCUT2D eigenvalue weighted by Gasteiger charge is 2.15. The van der Waals surface area contributed by atoms with Gasteiger partial charge in [-0.05, 0) is 91.8 Å². The van der Waals surface area contributed by atoms with Gasteiger partial charge in [0.2, 0.25) is 0 Å². The predicted molar refractivity (Wildman–Crippen MR) is 120 cm³/mol. The van der Waals surface area contributed by atoms with Crippen molar-refractivity contribution in [2.45, 2.75) is 39.2 Å². The molecule has 0 aliphatic rings. The van der Waals surface area contributed by atoms with Crippen molar-refractivity contribution in [1.29, 1.82) is 0 Å². The van der Waals surface area contributed by atoms with Crippen molar-refractivity contribution in [2.24, 2.45) is 0 Å². The number of aryl methyl sites for hydroxylation is 1. The number of alkyl carbamates (subject to hydrolysis) is 1. The first kappa shape index (κ1) is 22.5. The minimum absolute atomic E-state index is 0.285. The van der Waals surface area contributed by atoms with Gasteiger partial charge < -0.3 is 10.1 Å². The third-order valence-electron chi connectivity index (χ3n) is 4.66. The van der Waals surface area contributed by atoms with Gasteiger partial charge in [0.1, 0.15) is 17.2 Å². The summed E-state index contributed by atoms with van der Waals surface area (Å²) in [5, 5.41) is 2.77. The Kier molecular flexibility index (Phi) is 7.06. The third kappa shape index (κ3) is 6.92. The summed E-state index contributed by atoms with van der Waals surface area (Å²) in [6.45, 7) is 5.96. The second kappa shape index (κ2) is 9.73. The van der Waals surface area contributed by atoms with Crippen LogP contribution in [0.3, 0.4) is 0 Å². The highest BCUT2D eigenvalue weighted by Crippen LogP contribution is 2.29. The van der Waals surface area contributed by atoms with Gasteiger partial charge in [0, 0.05) is 6.54 Å². The van der Waals surface area contributed by atoms with Gasteiger partial charge in [-0.3, -0.25) is 0 Å². The molecule has 3 aromatic carbocycles. The van der Waals surface area contributed by atoms with Crippen molar-refractivity contribution in [3.05, 3.63) is 83.9 Å². The van der Waals surface area contributed by atoms with Crippen molar-refractivity contribution >= 4 is 6.09 Å². The Morgan fingerprint density at radius 1 is 0.806 bits per heavy atom. The topological polar surface area (TPSA) is 38.3 Å². The van der Waals surface area contributed by atoms with Crippen LogP contribution in [0.1, 0.15) is 32.8 Å². The largest absolute Gasteiger partial charge is 0.444 e. The fourth-order valence-electron chi connectivity index (χ4n) is 3.25. The van der Waals surface area contributed by atoms with Crippen molar-refractivity contribution in [3.8, 4) is 22.3 Å². The molecule has 0 saturated heterocycles. The lowest BCUT2D eigenvalue weighted by Crippen LogP contribution is -2.33. The van der Waals surface area contributed by atoms with E-state index in [1.165, 1.54) is 24.3 Å². The fourth-order valence-corrected chi connectivity index (χ4v) is 3.25. The van der Waals surface area contributed by atoms with Crippen LogP contribution in [0.25, 0.3) is 22.3 Å². The van der Waals surface area contributed by atoms with Crippen LogP contribution >= 0.6 is 0 Å². The Hall–Kier alpha value is -3.21. The summed E-state index contributed by atoms with van der Waals surface area (Å²) in [5.74, 6) is -0.571.